The van der Waals surface area contributed by atoms with Crippen molar-refractivity contribution in [3.05, 3.63) is 47.1 Å². The van der Waals surface area contributed by atoms with Crippen molar-refractivity contribution >= 4 is 33.1 Å². The average Bonchev–Trinajstić information content (AvgIpc) is 2.25. The van der Waals surface area contributed by atoms with E-state index in [1.54, 1.807) is 6.20 Å². The SMILES string of the molecule is Nc1ccc(Nc2ncccc2Br)cc1. The fourth-order valence-corrected chi connectivity index (χ4v) is 1.53. The Labute approximate surface area is 96.5 Å². The Bertz CT molecular complexity index is 454. The van der Waals surface area contributed by atoms with Gasteiger partial charge >= 0.3 is 0 Å². The van der Waals surface area contributed by atoms with Crippen molar-refractivity contribution in [1.82, 2.24) is 4.98 Å². The lowest BCUT2D eigenvalue weighted by Gasteiger charge is -2.06. The Hall–Kier alpha value is -1.55. The molecule has 3 N–H and O–H groups in total. The van der Waals surface area contributed by atoms with Gasteiger partial charge in [0.15, 0.2) is 0 Å². The van der Waals surface area contributed by atoms with Gasteiger partial charge in [-0.05, 0) is 52.3 Å². The molecule has 0 aliphatic heterocycles. The van der Waals surface area contributed by atoms with Crippen LogP contribution in [0.4, 0.5) is 17.2 Å². The third kappa shape index (κ3) is 2.47. The molecule has 0 saturated carbocycles. The molecule has 0 radical (unpaired) electrons. The Morgan fingerprint density at radius 2 is 1.87 bits per heavy atom. The minimum absolute atomic E-state index is 0.751. The van der Waals surface area contributed by atoms with Gasteiger partial charge in [-0.3, -0.25) is 0 Å². The summed E-state index contributed by atoms with van der Waals surface area (Å²) in [6.07, 6.45) is 1.74. The normalized spacial score (nSPS) is 9.93. The van der Waals surface area contributed by atoms with Gasteiger partial charge < -0.3 is 11.1 Å². The first-order valence-corrected chi connectivity index (χ1v) is 5.28. The first-order chi connectivity index (χ1) is 7.25. The maximum atomic E-state index is 5.60. The van der Waals surface area contributed by atoms with E-state index in [2.05, 4.69) is 26.2 Å². The molecule has 15 heavy (non-hydrogen) atoms. The summed E-state index contributed by atoms with van der Waals surface area (Å²) in [5.74, 6) is 0.794. The lowest BCUT2D eigenvalue weighted by atomic mass is 10.3. The molecule has 0 fully saturated rings. The van der Waals surface area contributed by atoms with Crippen molar-refractivity contribution in [3.8, 4) is 0 Å². The summed E-state index contributed by atoms with van der Waals surface area (Å²) in [5.41, 5.74) is 7.31. The zero-order chi connectivity index (χ0) is 10.7. The summed E-state index contributed by atoms with van der Waals surface area (Å²) in [7, 11) is 0. The molecule has 0 amide bonds. The number of rotatable bonds is 2. The highest BCUT2D eigenvalue weighted by atomic mass is 79.9. The topological polar surface area (TPSA) is 50.9 Å². The van der Waals surface area contributed by atoms with Crippen LogP contribution in [0.5, 0.6) is 0 Å². The van der Waals surface area contributed by atoms with Gasteiger partial charge in [-0.2, -0.15) is 0 Å². The number of aromatic nitrogens is 1. The highest BCUT2D eigenvalue weighted by Gasteiger charge is 1.99. The fraction of sp³-hybridized carbons (Fsp3) is 0. The van der Waals surface area contributed by atoms with Gasteiger partial charge in [0, 0.05) is 17.6 Å². The molecule has 76 valence electrons. The van der Waals surface area contributed by atoms with E-state index in [1.165, 1.54) is 0 Å². The van der Waals surface area contributed by atoms with Crippen LogP contribution in [0.15, 0.2) is 47.1 Å². The molecule has 0 aliphatic rings. The van der Waals surface area contributed by atoms with Crippen LogP contribution in [0, 0.1) is 0 Å². The van der Waals surface area contributed by atoms with Crippen LogP contribution in [-0.4, -0.2) is 4.98 Å². The molecule has 0 bridgehead atoms. The van der Waals surface area contributed by atoms with E-state index in [1.807, 2.05) is 36.4 Å². The molecule has 1 heterocycles. The molecule has 1 aromatic heterocycles. The first-order valence-electron chi connectivity index (χ1n) is 4.49. The molecular formula is C11H10BrN3. The summed E-state index contributed by atoms with van der Waals surface area (Å²) in [5, 5.41) is 3.19. The van der Waals surface area contributed by atoms with E-state index in [0.717, 1.165) is 21.7 Å². The van der Waals surface area contributed by atoms with Crippen LogP contribution in [0.1, 0.15) is 0 Å². The standard InChI is InChI=1S/C11H10BrN3/c12-10-2-1-7-14-11(10)15-9-5-3-8(13)4-6-9/h1-7H,13H2,(H,14,15). The first kappa shape index (κ1) is 9.98. The van der Waals surface area contributed by atoms with Crippen molar-refractivity contribution < 1.29 is 0 Å². The molecule has 0 saturated heterocycles. The van der Waals surface area contributed by atoms with Gasteiger partial charge in [0.2, 0.25) is 0 Å². The maximum absolute atomic E-state index is 5.60. The van der Waals surface area contributed by atoms with E-state index in [0.29, 0.717) is 0 Å². The number of anilines is 3. The number of hydrogen-bond acceptors (Lipinski definition) is 3. The van der Waals surface area contributed by atoms with Crippen LogP contribution in [0.3, 0.4) is 0 Å². The number of benzene rings is 1. The van der Waals surface area contributed by atoms with Crippen molar-refractivity contribution in [3.63, 3.8) is 0 Å². The van der Waals surface area contributed by atoms with Crippen molar-refractivity contribution in [2.24, 2.45) is 0 Å². The van der Waals surface area contributed by atoms with Crippen LogP contribution < -0.4 is 11.1 Å². The van der Waals surface area contributed by atoms with Gasteiger partial charge in [-0.25, -0.2) is 4.98 Å². The highest BCUT2D eigenvalue weighted by Crippen LogP contribution is 2.23. The van der Waals surface area contributed by atoms with E-state index in [9.17, 15) is 0 Å². The molecule has 3 nitrogen and oxygen atoms in total. The van der Waals surface area contributed by atoms with Gasteiger partial charge in [0.05, 0.1) is 4.47 Å². The maximum Gasteiger partial charge on any atom is 0.144 e. The molecule has 2 rings (SSSR count). The predicted octanol–water partition coefficient (Wildman–Crippen LogP) is 3.17. The minimum atomic E-state index is 0.751. The van der Waals surface area contributed by atoms with Gasteiger partial charge in [-0.1, -0.05) is 0 Å². The Morgan fingerprint density at radius 3 is 2.53 bits per heavy atom. The number of nitrogen functional groups attached to an aromatic ring is 1. The van der Waals surface area contributed by atoms with Gasteiger partial charge in [0.1, 0.15) is 5.82 Å². The molecule has 2 aromatic rings. The monoisotopic (exact) mass is 263 g/mol. The average molecular weight is 264 g/mol. The lowest BCUT2D eigenvalue weighted by Crippen LogP contribution is -1.94. The van der Waals surface area contributed by atoms with Crippen molar-refractivity contribution in [2.75, 3.05) is 11.1 Å². The van der Waals surface area contributed by atoms with Crippen molar-refractivity contribution in [1.29, 1.82) is 0 Å². The summed E-state index contributed by atoms with van der Waals surface area (Å²) < 4.78 is 0.932. The molecule has 4 heteroatoms. The highest BCUT2D eigenvalue weighted by molar-refractivity contribution is 9.10. The van der Waals surface area contributed by atoms with Crippen molar-refractivity contribution in [2.45, 2.75) is 0 Å². The van der Waals surface area contributed by atoms with Crippen LogP contribution in [0.25, 0.3) is 0 Å². The zero-order valence-corrected chi connectivity index (χ0v) is 9.53. The second kappa shape index (κ2) is 4.31. The minimum Gasteiger partial charge on any atom is -0.399 e. The molecule has 0 aliphatic carbocycles. The number of halogens is 1. The summed E-state index contributed by atoms with van der Waals surface area (Å²) in [6, 6.07) is 11.3. The fourth-order valence-electron chi connectivity index (χ4n) is 1.18. The third-order valence-electron chi connectivity index (χ3n) is 1.93. The van der Waals surface area contributed by atoms with E-state index >= 15 is 0 Å². The van der Waals surface area contributed by atoms with Crippen LogP contribution in [0.2, 0.25) is 0 Å². The molecule has 1 aromatic carbocycles. The molecule has 0 atom stereocenters. The lowest BCUT2D eigenvalue weighted by molar-refractivity contribution is 1.29. The largest absolute Gasteiger partial charge is 0.399 e. The Morgan fingerprint density at radius 1 is 1.13 bits per heavy atom. The smallest absolute Gasteiger partial charge is 0.144 e. The third-order valence-corrected chi connectivity index (χ3v) is 2.57. The number of nitrogens with zero attached hydrogens (tertiary/aromatic N) is 1. The van der Waals surface area contributed by atoms with Gasteiger partial charge in [-0.15, -0.1) is 0 Å². The molecule has 0 spiro atoms. The quantitative estimate of drug-likeness (QED) is 0.819. The number of nitrogens with two attached hydrogens (primary N) is 1. The summed E-state index contributed by atoms with van der Waals surface area (Å²) in [4.78, 5) is 4.21. The second-order valence-corrected chi connectivity index (χ2v) is 3.94. The summed E-state index contributed by atoms with van der Waals surface area (Å²) >= 11 is 3.42. The molecule has 0 unspecified atom stereocenters. The Kier molecular flexibility index (Phi) is 2.87. The van der Waals surface area contributed by atoms with Gasteiger partial charge in [0.25, 0.3) is 0 Å². The van der Waals surface area contributed by atoms with Crippen LogP contribution >= 0.6 is 15.9 Å². The molecular weight excluding hydrogens is 254 g/mol. The van der Waals surface area contributed by atoms with E-state index < -0.39 is 0 Å². The van der Waals surface area contributed by atoms with E-state index in [4.69, 9.17) is 5.73 Å². The van der Waals surface area contributed by atoms with E-state index in [-0.39, 0.29) is 0 Å². The number of hydrogen-bond donors (Lipinski definition) is 2. The second-order valence-electron chi connectivity index (χ2n) is 3.08. The summed E-state index contributed by atoms with van der Waals surface area (Å²) in [6.45, 7) is 0. The van der Waals surface area contributed by atoms with Crippen LogP contribution in [-0.2, 0) is 0 Å². The Balaban J connectivity index is 2.22. The zero-order valence-electron chi connectivity index (χ0n) is 7.94. The predicted molar refractivity (Wildman–Crippen MR) is 66.1 cm³/mol. The number of pyridine rings is 1. The number of nitrogens with one attached hydrogen (secondary N) is 1.